The molecule has 1 N–H and O–H groups in total. The molecule has 1 saturated carbocycles. The first-order valence-corrected chi connectivity index (χ1v) is 8.44. The molecule has 2 heteroatoms. The van der Waals surface area contributed by atoms with Gasteiger partial charge >= 0.3 is 0 Å². The number of hydrogen-bond donors (Lipinski definition) is 1. The summed E-state index contributed by atoms with van der Waals surface area (Å²) in [6, 6.07) is 15.9. The summed E-state index contributed by atoms with van der Waals surface area (Å²) in [4.78, 5) is 0. The number of rotatable bonds is 3. The smallest absolute Gasteiger partial charge is 0.0379 e. The lowest BCUT2D eigenvalue weighted by Crippen LogP contribution is -2.34. The summed E-state index contributed by atoms with van der Waals surface area (Å²) in [5.74, 6) is 0. The monoisotopic (exact) mass is 271 g/mol. The van der Waals surface area contributed by atoms with E-state index in [1.165, 1.54) is 42.1 Å². The lowest BCUT2D eigenvalue weighted by Gasteiger charge is -2.31. The molecule has 1 aliphatic rings. The molecule has 0 aromatic heterocycles. The lowest BCUT2D eigenvalue weighted by molar-refractivity contribution is 0.475. The second-order valence-electron chi connectivity index (χ2n) is 5.37. The Morgan fingerprint density at radius 1 is 1.00 bits per heavy atom. The second-order valence-corrected chi connectivity index (χ2v) is 6.45. The van der Waals surface area contributed by atoms with Gasteiger partial charge in [-0.1, -0.05) is 43.2 Å². The number of thioether (sulfide) groups is 1. The zero-order valence-corrected chi connectivity index (χ0v) is 12.2. The molecule has 1 fully saturated rings. The standard InChI is InChI=1S/C17H21NS/c1-19-17-9-5-4-8-16(17)18-15-11-10-13-6-2-3-7-14(13)12-15/h2-3,6-7,10-12,16-18H,4-5,8-9H2,1H3. The van der Waals surface area contributed by atoms with Crippen LogP contribution in [0.3, 0.4) is 0 Å². The molecule has 0 amide bonds. The van der Waals surface area contributed by atoms with Crippen LogP contribution in [-0.2, 0) is 0 Å². The van der Waals surface area contributed by atoms with Crippen LogP contribution in [-0.4, -0.2) is 17.5 Å². The maximum Gasteiger partial charge on any atom is 0.0379 e. The van der Waals surface area contributed by atoms with Crippen LogP contribution >= 0.6 is 11.8 Å². The number of hydrogen-bond acceptors (Lipinski definition) is 2. The Labute approximate surface area is 119 Å². The van der Waals surface area contributed by atoms with Crippen molar-refractivity contribution in [3.63, 3.8) is 0 Å². The summed E-state index contributed by atoms with van der Waals surface area (Å²) < 4.78 is 0. The highest BCUT2D eigenvalue weighted by Crippen LogP contribution is 2.30. The fraction of sp³-hybridized carbons (Fsp3) is 0.412. The van der Waals surface area contributed by atoms with Gasteiger partial charge in [0, 0.05) is 17.0 Å². The van der Waals surface area contributed by atoms with Crippen molar-refractivity contribution in [2.24, 2.45) is 0 Å². The quantitative estimate of drug-likeness (QED) is 0.850. The van der Waals surface area contributed by atoms with Crippen molar-refractivity contribution < 1.29 is 0 Å². The van der Waals surface area contributed by atoms with Crippen LogP contribution in [0.2, 0.25) is 0 Å². The predicted octanol–water partition coefficient (Wildman–Crippen LogP) is 4.93. The fourth-order valence-corrected chi connectivity index (χ4v) is 3.97. The molecule has 2 aromatic carbocycles. The number of fused-ring (bicyclic) bond motifs is 1. The molecule has 100 valence electrons. The number of anilines is 1. The summed E-state index contributed by atoms with van der Waals surface area (Å²) in [6.45, 7) is 0. The van der Waals surface area contributed by atoms with Crippen molar-refractivity contribution >= 4 is 28.2 Å². The van der Waals surface area contributed by atoms with Crippen LogP contribution < -0.4 is 5.32 Å². The normalized spacial score (nSPS) is 23.4. The van der Waals surface area contributed by atoms with Crippen LogP contribution in [0.25, 0.3) is 10.8 Å². The molecule has 2 aromatic rings. The molecule has 3 rings (SSSR count). The molecule has 0 aliphatic heterocycles. The molecular formula is C17H21NS. The first-order chi connectivity index (χ1) is 9.36. The van der Waals surface area contributed by atoms with Crippen molar-refractivity contribution in [3.8, 4) is 0 Å². The van der Waals surface area contributed by atoms with E-state index < -0.39 is 0 Å². The van der Waals surface area contributed by atoms with Gasteiger partial charge < -0.3 is 5.32 Å². The number of nitrogens with one attached hydrogen (secondary N) is 1. The SMILES string of the molecule is CSC1CCCCC1Nc1ccc2ccccc2c1. The van der Waals surface area contributed by atoms with Crippen molar-refractivity contribution in [3.05, 3.63) is 42.5 Å². The van der Waals surface area contributed by atoms with Crippen LogP contribution in [0, 0.1) is 0 Å². The van der Waals surface area contributed by atoms with Gasteiger partial charge in [-0.15, -0.1) is 0 Å². The minimum absolute atomic E-state index is 0.630. The average Bonchev–Trinajstić information content (AvgIpc) is 2.48. The van der Waals surface area contributed by atoms with Crippen LogP contribution in [0.4, 0.5) is 5.69 Å². The van der Waals surface area contributed by atoms with Gasteiger partial charge in [0.15, 0.2) is 0 Å². The molecule has 2 atom stereocenters. The summed E-state index contributed by atoms with van der Waals surface area (Å²) >= 11 is 2.01. The zero-order chi connectivity index (χ0) is 13.1. The third kappa shape index (κ3) is 2.89. The third-order valence-electron chi connectivity index (χ3n) is 4.11. The van der Waals surface area contributed by atoms with E-state index in [9.17, 15) is 0 Å². The molecule has 2 unspecified atom stereocenters. The maximum absolute atomic E-state index is 3.75. The molecular weight excluding hydrogens is 250 g/mol. The Bertz CT molecular complexity index is 552. The molecule has 19 heavy (non-hydrogen) atoms. The van der Waals surface area contributed by atoms with Crippen molar-refractivity contribution in [1.82, 2.24) is 0 Å². The Morgan fingerprint density at radius 3 is 2.63 bits per heavy atom. The van der Waals surface area contributed by atoms with E-state index in [1.807, 2.05) is 11.8 Å². The highest BCUT2D eigenvalue weighted by Gasteiger charge is 2.23. The molecule has 0 radical (unpaired) electrons. The average molecular weight is 271 g/mol. The van der Waals surface area contributed by atoms with Crippen LogP contribution in [0.1, 0.15) is 25.7 Å². The Balaban J connectivity index is 1.80. The van der Waals surface area contributed by atoms with Crippen molar-refractivity contribution in [2.75, 3.05) is 11.6 Å². The van der Waals surface area contributed by atoms with E-state index in [4.69, 9.17) is 0 Å². The van der Waals surface area contributed by atoms with Gasteiger partial charge in [-0.05, 0) is 42.0 Å². The number of benzene rings is 2. The lowest BCUT2D eigenvalue weighted by atomic mass is 9.94. The summed E-state index contributed by atoms with van der Waals surface area (Å²) in [5, 5.41) is 7.16. The Morgan fingerprint density at radius 2 is 1.79 bits per heavy atom. The van der Waals surface area contributed by atoms with E-state index in [0.29, 0.717) is 6.04 Å². The molecule has 1 aliphatic carbocycles. The van der Waals surface area contributed by atoms with Crippen molar-refractivity contribution in [2.45, 2.75) is 37.0 Å². The van der Waals surface area contributed by atoms with Gasteiger partial charge in [-0.2, -0.15) is 11.8 Å². The van der Waals surface area contributed by atoms with E-state index in [-0.39, 0.29) is 0 Å². The van der Waals surface area contributed by atoms with E-state index >= 15 is 0 Å². The maximum atomic E-state index is 3.75. The predicted molar refractivity (Wildman–Crippen MR) is 87.1 cm³/mol. The highest BCUT2D eigenvalue weighted by atomic mass is 32.2. The Hall–Kier alpha value is -1.15. The van der Waals surface area contributed by atoms with E-state index in [2.05, 4.69) is 54.0 Å². The topological polar surface area (TPSA) is 12.0 Å². The Kier molecular flexibility index (Phi) is 3.97. The van der Waals surface area contributed by atoms with Crippen LogP contribution in [0.5, 0.6) is 0 Å². The molecule has 0 heterocycles. The summed E-state index contributed by atoms with van der Waals surface area (Å²) in [5.41, 5.74) is 1.27. The summed E-state index contributed by atoms with van der Waals surface area (Å²) in [7, 11) is 0. The van der Waals surface area contributed by atoms with E-state index in [1.54, 1.807) is 0 Å². The van der Waals surface area contributed by atoms with Gasteiger partial charge in [-0.3, -0.25) is 0 Å². The van der Waals surface area contributed by atoms with Gasteiger partial charge in [0.25, 0.3) is 0 Å². The van der Waals surface area contributed by atoms with Gasteiger partial charge in [0.2, 0.25) is 0 Å². The molecule has 0 saturated heterocycles. The molecule has 1 nitrogen and oxygen atoms in total. The largest absolute Gasteiger partial charge is 0.381 e. The van der Waals surface area contributed by atoms with Gasteiger partial charge in [0.1, 0.15) is 0 Å². The molecule has 0 spiro atoms. The first kappa shape index (κ1) is 12.9. The van der Waals surface area contributed by atoms with Crippen molar-refractivity contribution in [1.29, 1.82) is 0 Å². The minimum Gasteiger partial charge on any atom is -0.381 e. The van der Waals surface area contributed by atoms with Gasteiger partial charge in [-0.25, -0.2) is 0 Å². The zero-order valence-electron chi connectivity index (χ0n) is 11.4. The minimum atomic E-state index is 0.630. The highest BCUT2D eigenvalue weighted by molar-refractivity contribution is 7.99. The molecule has 0 bridgehead atoms. The van der Waals surface area contributed by atoms with Gasteiger partial charge in [0.05, 0.1) is 0 Å². The second kappa shape index (κ2) is 5.87. The van der Waals surface area contributed by atoms with Crippen LogP contribution in [0.15, 0.2) is 42.5 Å². The first-order valence-electron chi connectivity index (χ1n) is 7.15. The van der Waals surface area contributed by atoms with E-state index in [0.717, 1.165) is 5.25 Å². The summed E-state index contributed by atoms with van der Waals surface area (Å²) in [6.07, 6.45) is 7.65. The fourth-order valence-electron chi connectivity index (χ4n) is 3.04. The third-order valence-corrected chi connectivity index (χ3v) is 5.28.